The van der Waals surface area contributed by atoms with E-state index in [4.69, 9.17) is 0 Å². The van der Waals surface area contributed by atoms with E-state index in [9.17, 15) is 4.79 Å². The summed E-state index contributed by atoms with van der Waals surface area (Å²) in [5.41, 5.74) is 2.05. The van der Waals surface area contributed by atoms with E-state index in [0.29, 0.717) is 6.04 Å². The van der Waals surface area contributed by atoms with Crippen LogP contribution in [0.4, 0.5) is 4.79 Å². The van der Waals surface area contributed by atoms with Gasteiger partial charge < -0.3 is 10.6 Å². The van der Waals surface area contributed by atoms with E-state index in [0.717, 1.165) is 29.6 Å². The van der Waals surface area contributed by atoms with Gasteiger partial charge in [-0.05, 0) is 38.2 Å². The van der Waals surface area contributed by atoms with Crippen molar-refractivity contribution in [1.29, 1.82) is 0 Å². The van der Waals surface area contributed by atoms with Crippen LogP contribution in [0.5, 0.6) is 0 Å². The van der Waals surface area contributed by atoms with Crippen LogP contribution in [0.15, 0.2) is 6.07 Å². The molecular weight excluding hydrogens is 276 g/mol. The Hall–Kier alpha value is -1.52. The highest BCUT2D eigenvalue weighted by atomic mass is 16.2. The van der Waals surface area contributed by atoms with Gasteiger partial charge in [-0.2, -0.15) is 5.10 Å². The highest BCUT2D eigenvalue weighted by Gasteiger charge is 2.43. The van der Waals surface area contributed by atoms with E-state index in [2.05, 4.69) is 20.8 Å². The average molecular weight is 304 g/mol. The van der Waals surface area contributed by atoms with Gasteiger partial charge >= 0.3 is 6.03 Å². The van der Waals surface area contributed by atoms with Gasteiger partial charge in [-0.3, -0.25) is 5.10 Å². The number of aromatic amines is 1. The third kappa shape index (κ3) is 4.02. The minimum Gasteiger partial charge on any atom is -0.335 e. The van der Waals surface area contributed by atoms with Crippen LogP contribution in [0.2, 0.25) is 0 Å². The minimum absolute atomic E-state index is 0.0249. The van der Waals surface area contributed by atoms with Crippen LogP contribution in [-0.2, 0) is 6.42 Å². The standard InChI is InChI=1S/C17H28N4O/c1-11(8-14-9-12(2)20-21-14)18-17(22)19-16-10-15(16)13-6-4-3-5-7-13/h9,11,13,15-16H,3-8,10H2,1-2H3,(H,20,21)(H2,18,19,22)/t11?,15-,16+/m0/s1. The minimum atomic E-state index is -0.0249. The van der Waals surface area contributed by atoms with Crippen molar-refractivity contribution in [2.75, 3.05) is 0 Å². The summed E-state index contributed by atoms with van der Waals surface area (Å²) in [4.78, 5) is 12.1. The third-order valence-corrected chi connectivity index (χ3v) is 5.06. The van der Waals surface area contributed by atoms with Gasteiger partial charge in [0.25, 0.3) is 0 Å². The zero-order valence-electron chi connectivity index (χ0n) is 13.7. The van der Waals surface area contributed by atoms with Crippen molar-refractivity contribution in [3.63, 3.8) is 0 Å². The molecule has 2 saturated carbocycles. The van der Waals surface area contributed by atoms with Gasteiger partial charge in [0.05, 0.1) is 5.69 Å². The lowest BCUT2D eigenvalue weighted by Crippen LogP contribution is -2.43. The average Bonchev–Trinajstić information content (AvgIpc) is 3.13. The number of hydrogen-bond acceptors (Lipinski definition) is 2. The molecule has 1 heterocycles. The quantitative estimate of drug-likeness (QED) is 0.783. The molecular formula is C17H28N4O. The molecule has 0 spiro atoms. The summed E-state index contributed by atoms with van der Waals surface area (Å²) in [5.74, 6) is 1.58. The normalized spacial score (nSPS) is 26.5. The Labute approximate surface area is 132 Å². The predicted molar refractivity (Wildman–Crippen MR) is 86.6 cm³/mol. The summed E-state index contributed by atoms with van der Waals surface area (Å²) < 4.78 is 0. The maximum atomic E-state index is 12.1. The first-order chi connectivity index (χ1) is 10.6. The van der Waals surface area contributed by atoms with E-state index in [1.165, 1.54) is 38.5 Å². The zero-order chi connectivity index (χ0) is 15.5. The topological polar surface area (TPSA) is 69.8 Å². The number of urea groups is 1. The van der Waals surface area contributed by atoms with Gasteiger partial charge in [-0.25, -0.2) is 4.79 Å². The summed E-state index contributed by atoms with van der Waals surface area (Å²) in [6.07, 6.45) is 8.80. The highest BCUT2D eigenvalue weighted by Crippen LogP contribution is 2.44. The molecule has 2 amide bonds. The Bertz CT molecular complexity index is 507. The first kappa shape index (κ1) is 15.4. The Balaban J connectivity index is 1.37. The van der Waals surface area contributed by atoms with Crippen molar-refractivity contribution in [2.24, 2.45) is 11.8 Å². The molecule has 3 rings (SSSR count). The molecule has 5 nitrogen and oxygen atoms in total. The van der Waals surface area contributed by atoms with E-state index in [1.807, 2.05) is 19.9 Å². The van der Waals surface area contributed by atoms with Crippen molar-refractivity contribution in [1.82, 2.24) is 20.8 Å². The number of amides is 2. The fraction of sp³-hybridized carbons (Fsp3) is 0.765. The summed E-state index contributed by atoms with van der Waals surface area (Å²) in [6.45, 7) is 4.01. The summed E-state index contributed by atoms with van der Waals surface area (Å²) in [6, 6.07) is 2.50. The van der Waals surface area contributed by atoms with Crippen LogP contribution in [0.1, 0.15) is 56.8 Å². The molecule has 3 atom stereocenters. The van der Waals surface area contributed by atoms with E-state index in [-0.39, 0.29) is 12.1 Å². The largest absolute Gasteiger partial charge is 0.335 e. The van der Waals surface area contributed by atoms with E-state index >= 15 is 0 Å². The van der Waals surface area contributed by atoms with Gasteiger partial charge in [0.1, 0.15) is 0 Å². The number of rotatable bonds is 5. The van der Waals surface area contributed by atoms with Gasteiger partial charge in [-0.15, -0.1) is 0 Å². The zero-order valence-corrected chi connectivity index (χ0v) is 13.7. The van der Waals surface area contributed by atoms with Crippen molar-refractivity contribution < 1.29 is 4.79 Å². The molecule has 0 aliphatic heterocycles. The number of nitrogens with zero attached hydrogens (tertiary/aromatic N) is 1. The molecule has 22 heavy (non-hydrogen) atoms. The van der Waals surface area contributed by atoms with Gasteiger partial charge in [0.2, 0.25) is 0 Å². The number of carbonyl (C=O) groups excluding carboxylic acids is 1. The molecule has 1 unspecified atom stereocenters. The highest BCUT2D eigenvalue weighted by molar-refractivity contribution is 5.75. The molecule has 0 bridgehead atoms. The molecule has 122 valence electrons. The Morgan fingerprint density at radius 2 is 2.18 bits per heavy atom. The van der Waals surface area contributed by atoms with Crippen molar-refractivity contribution in [3.8, 4) is 0 Å². The number of H-pyrrole nitrogens is 1. The molecule has 2 aliphatic rings. The summed E-state index contributed by atoms with van der Waals surface area (Å²) >= 11 is 0. The number of hydrogen-bond donors (Lipinski definition) is 3. The number of aryl methyl sites for hydroxylation is 1. The first-order valence-corrected chi connectivity index (χ1v) is 8.69. The Morgan fingerprint density at radius 1 is 1.41 bits per heavy atom. The van der Waals surface area contributed by atoms with Crippen molar-refractivity contribution in [3.05, 3.63) is 17.5 Å². The summed E-state index contributed by atoms with van der Waals surface area (Å²) in [7, 11) is 0. The molecule has 0 radical (unpaired) electrons. The lowest BCUT2D eigenvalue weighted by atomic mass is 9.85. The van der Waals surface area contributed by atoms with Gasteiger partial charge in [0, 0.05) is 24.2 Å². The molecule has 1 aromatic heterocycles. The molecule has 3 N–H and O–H groups in total. The fourth-order valence-corrected chi connectivity index (χ4v) is 3.84. The van der Waals surface area contributed by atoms with Crippen LogP contribution >= 0.6 is 0 Å². The molecule has 0 saturated heterocycles. The first-order valence-electron chi connectivity index (χ1n) is 8.69. The van der Waals surface area contributed by atoms with Crippen LogP contribution in [0.3, 0.4) is 0 Å². The molecule has 5 heteroatoms. The SMILES string of the molecule is Cc1cc(CC(C)NC(=O)N[C@@H]2C[C@H]2C2CCCCC2)n[nH]1. The second kappa shape index (κ2) is 6.71. The number of aromatic nitrogens is 2. The lowest BCUT2D eigenvalue weighted by molar-refractivity contribution is 0.235. The second-order valence-electron chi connectivity index (χ2n) is 7.17. The van der Waals surface area contributed by atoms with Gasteiger partial charge in [0.15, 0.2) is 0 Å². The number of carbonyl (C=O) groups is 1. The van der Waals surface area contributed by atoms with Crippen LogP contribution in [-0.4, -0.2) is 28.3 Å². The molecule has 2 aliphatic carbocycles. The number of nitrogens with one attached hydrogen (secondary N) is 3. The van der Waals surface area contributed by atoms with Crippen LogP contribution in [0.25, 0.3) is 0 Å². The summed E-state index contributed by atoms with van der Waals surface area (Å²) in [5, 5.41) is 13.3. The lowest BCUT2D eigenvalue weighted by Gasteiger charge is -2.22. The second-order valence-corrected chi connectivity index (χ2v) is 7.17. The molecule has 1 aromatic rings. The van der Waals surface area contributed by atoms with E-state index in [1.54, 1.807) is 0 Å². The molecule has 2 fully saturated rings. The monoisotopic (exact) mass is 304 g/mol. The van der Waals surface area contributed by atoms with Gasteiger partial charge in [-0.1, -0.05) is 32.1 Å². The van der Waals surface area contributed by atoms with Crippen molar-refractivity contribution >= 4 is 6.03 Å². The smallest absolute Gasteiger partial charge is 0.315 e. The molecule has 0 aromatic carbocycles. The van der Waals surface area contributed by atoms with Crippen LogP contribution in [0, 0.1) is 18.8 Å². The maximum absolute atomic E-state index is 12.1. The third-order valence-electron chi connectivity index (χ3n) is 5.06. The maximum Gasteiger partial charge on any atom is 0.315 e. The predicted octanol–water partition coefficient (Wildman–Crippen LogP) is 2.92. The Kier molecular flexibility index (Phi) is 4.69. The van der Waals surface area contributed by atoms with Crippen LogP contribution < -0.4 is 10.6 Å². The van der Waals surface area contributed by atoms with E-state index < -0.39 is 0 Å². The fourth-order valence-electron chi connectivity index (χ4n) is 3.84. The van der Waals surface area contributed by atoms with Crippen molar-refractivity contribution in [2.45, 2.75) is 70.9 Å². The Morgan fingerprint density at radius 3 is 2.86 bits per heavy atom.